The zero-order chi connectivity index (χ0) is 15.4. The van der Waals surface area contributed by atoms with Crippen LogP contribution in [-0.4, -0.2) is 23.1 Å². The molecule has 2 atom stereocenters. The lowest BCUT2D eigenvalue weighted by atomic mass is 9.86. The number of hydrogen-bond acceptors (Lipinski definition) is 4. The van der Waals surface area contributed by atoms with Crippen LogP contribution < -0.4 is 10.1 Å². The second-order valence-electron chi connectivity index (χ2n) is 7.00. The molecule has 1 aromatic heterocycles. The van der Waals surface area contributed by atoms with Gasteiger partial charge in [0.1, 0.15) is 11.6 Å². The van der Waals surface area contributed by atoms with Crippen LogP contribution in [0, 0.1) is 5.92 Å². The van der Waals surface area contributed by atoms with Crippen molar-refractivity contribution in [3.63, 3.8) is 0 Å². The fourth-order valence-electron chi connectivity index (χ4n) is 3.89. The summed E-state index contributed by atoms with van der Waals surface area (Å²) in [6.07, 6.45) is 11.6. The van der Waals surface area contributed by atoms with Crippen LogP contribution in [0.15, 0.2) is 6.07 Å². The van der Waals surface area contributed by atoms with E-state index < -0.39 is 0 Å². The van der Waals surface area contributed by atoms with Gasteiger partial charge in [-0.3, -0.25) is 0 Å². The molecule has 4 heteroatoms. The van der Waals surface area contributed by atoms with Crippen molar-refractivity contribution >= 4 is 5.82 Å². The van der Waals surface area contributed by atoms with E-state index in [0.717, 1.165) is 11.6 Å². The Labute approximate surface area is 134 Å². The molecule has 2 unspecified atom stereocenters. The fourth-order valence-corrected chi connectivity index (χ4v) is 3.89. The first kappa shape index (κ1) is 15.6. The molecule has 2 fully saturated rings. The maximum atomic E-state index is 5.41. The summed E-state index contributed by atoms with van der Waals surface area (Å²) >= 11 is 0. The van der Waals surface area contributed by atoms with Gasteiger partial charge in [-0.1, -0.05) is 39.0 Å². The predicted molar refractivity (Wildman–Crippen MR) is 89.5 cm³/mol. The molecule has 2 saturated carbocycles. The van der Waals surface area contributed by atoms with Gasteiger partial charge in [0, 0.05) is 18.0 Å². The summed E-state index contributed by atoms with van der Waals surface area (Å²) in [5.74, 6) is 3.85. The van der Waals surface area contributed by atoms with Crippen molar-refractivity contribution in [2.24, 2.45) is 5.92 Å². The Morgan fingerprint density at radius 2 is 1.73 bits per heavy atom. The quantitative estimate of drug-likeness (QED) is 0.888. The maximum absolute atomic E-state index is 5.41. The number of ether oxygens (including phenoxy) is 1. The van der Waals surface area contributed by atoms with Gasteiger partial charge in [-0.05, 0) is 31.6 Å². The second-order valence-corrected chi connectivity index (χ2v) is 7.00. The number of rotatable bonds is 4. The fraction of sp³-hybridized carbons (Fsp3) is 0.778. The van der Waals surface area contributed by atoms with Gasteiger partial charge in [0.15, 0.2) is 0 Å². The first-order valence-electron chi connectivity index (χ1n) is 8.96. The van der Waals surface area contributed by atoms with Crippen molar-refractivity contribution < 1.29 is 4.74 Å². The first-order valence-corrected chi connectivity index (χ1v) is 8.96. The average Bonchev–Trinajstić information content (AvgIpc) is 2.57. The van der Waals surface area contributed by atoms with Crippen LogP contribution in [0.2, 0.25) is 0 Å². The van der Waals surface area contributed by atoms with Crippen LogP contribution in [0.4, 0.5) is 5.82 Å². The zero-order valence-corrected chi connectivity index (χ0v) is 14.0. The highest BCUT2D eigenvalue weighted by Gasteiger charge is 2.23. The summed E-state index contributed by atoms with van der Waals surface area (Å²) in [7, 11) is 1.69. The summed E-state index contributed by atoms with van der Waals surface area (Å²) in [5.41, 5.74) is 0. The molecule has 122 valence electrons. The van der Waals surface area contributed by atoms with Crippen molar-refractivity contribution in [3.05, 3.63) is 11.9 Å². The topological polar surface area (TPSA) is 47.0 Å². The second kappa shape index (κ2) is 7.30. The number of nitrogens with one attached hydrogen (secondary N) is 1. The Balaban J connectivity index is 1.77. The maximum Gasteiger partial charge on any atom is 0.218 e. The third-order valence-corrected chi connectivity index (χ3v) is 5.34. The molecule has 0 saturated heterocycles. The van der Waals surface area contributed by atoms with Crippen LogP contribution in [-0.2, 0) is 0 Å². The number of anilines is 1. The Morgan fingerprint density at radius 1 is 1.00 bits per heavy atom. The van der Waals surface area contributed by atoms with Gasteiger partial charge in [-0.25, -0.2) is 4.98 Å². The molecule has 0 aromatic carbocycles. The monoisotopic (exact) mass is 303 g/mol. The van der Waals surface area contributed by atoms with E-state index in [-0.39, 0.29) is 0 Å². The molecule has 1 heterocycles. The van der Waals surface area contributed by atoms with Crippen LogP contribution in [0.5, 0.6) is 5.88 Å². The lowest BCUT2D eigenvalue weighted by molar-refractivity contribution is 0.347. The van der Waals surface area contributed by atoms with Gasteiger partial charge in [0.05, 0.1) is 7.11 Å². The van der Waals surface area contributed by atoms with Crippen molar-refractivity contribution in [2.45, 2.75) is 76.7 Å². The molecule has 4 nitrogen and oxygen atoms in total. The molecule has 3 rings (SSSR count). The SMILES string of the molecule is COc1cc(NC2CCCCC2C)nc(C2CCCCC2)n1. The van der Waals surface area contributed by atoms with Crippen molar-refractivity contribution in [2.75, 3.05) is 12.4 Å². The van der Waals surface area contributed by atoms with E-state index in [9.17, 15) is 0 Å². The summed E-state index contributed by atoms with van der Waals surface area (Å²) in [5, 5.41) is 3.65. The summed E-state index contributed by atoms with van der Waals surface area (Å²) in [6, 6.07) is 2.49. The Hall–Kier alpha value is -1.32. The Bertz CT molecular complexity index is 485. The van der Waals surface area contributed by atoms with Gasteiger partial charge in [0.2, 0.25) is 5.88 Å². The van der Waals surface area contributed by atoms with Gasteiger partial charge in [-0.2, -0.15) is 4.98 Å². The molecular weight excluding hydrogens is 274 g/mol. The minimum Gasteiger partial charge on any atom is -0.481 e. The molecule has 0 radical (unpaired) electrons. The number of hydrogen-bond donors (Lipinski definition) is 1. The van der Waals surface area contributed by atoms with Crippen LogP contribution in [0.25, 0.3) is 0 Å². The lowest BCUT2D eigenvalue weighted by Crippen LogP contribution is -2.31. The van der Waals surface area contributed by atoms with E-state index in [4.69, 9.17) is 9.72 Å². The van der Waals surface area contributed by atoms with E-state index in [1.807, 2.05) is 6.07 Å². The van der Waals surface area contributed by atoms with E-state index in [1.54, 1.807) is 7.11 Å². The summed E-state index contributed by atoms with van der Waals surface area (Å²) < 4.78 is 5.41. The van der Waals surface area contributed by atoms with Crippen LogP contribution in [0.3, 0.4) is 0 Å². The third-order valence-electron chi connectivity index (χ3n) is 5.34. The Kier molecular flexibility index (Phi) is 5.16. The van der Waals surface area contributed by atoms with E-state index in [0.29, 0.717) is 23.8 Å². The smallest absolute Gasteiger partial charge is 0.218 e. The van der Waals surface area contributed by atoms with Crippen LogP contribution in [0.1, 0.15) is 76.5 Å². The van der Waals surface area contributed by atoms with Gasteiger partial charge in [-0.15, -0.1) is 0 Å². The first-order chi connectivity index (χ1) is 10.8. The molecule has 22 heavy (non-hydrogen) atoms. The molecule has 0 bridgehead atoms. The molecule has 0 amide bonds. The van der Waals surface area contributed by atoms with Crippen molar-refractivity contribution in [3.8, 4) is 5.88 Å². The van der Waals surface area contributed by atoms with E-state index >= 15 is 0 Å². The molecule has 2 aliphatic rings. The van der Waals surface area contributed by atoms with Crippen molar-refractivity contribution in [1.82, 2.24) is 9.97 Å². The minimum absolute atomic E-state index is 0.508. The number of nitrogens with zero attached hydrogens (tertiary/aromatic N) is 2. The molecule has 1 aromatic rings. The number of aromatic nitrogens is 2. The Morgan fingerprint density at radius 3 is 2.45 bits per heavy atom. The van der Waals surface area contributed by atoms with Crippen molar-refractivity contribution in [1.29, 1.82) is 0 Å². The minimum atomic E-state index is 0.508. The average molecular weight is 303 g/mol. The van der Waals surface area contributed by atoms with Gasteiger partial charge < -0.3 is 10.1 Å². The molecule has 1 N–H and O–H groups in total. The summed E-state index contributed by atoms with van der Waals surface area (Å²) in [4.78, 5) is 9.45. The highest BCUT2D eigenvalue weighted by atomic mass is 16.5. The molecule has 0 aliphatic heterocycles. The molecular formula is C18H29N3O. The normalized spacial score (nSPS) is 26.6. The van der Waals surface area contributed by atoms with Gasteiger partial charge >= 0.3 is 0 Å². The van der Waals surface area contributed by atoms with E-state index in [1.165, 1.54) is 57.8 Å². The van der Waals surface area contributed by atoms with Gasteiger partial charge in [0.25, 0.3) is 0 Å². The third kappa shape index (κ3) is 3.71. The van der Waals surface area contributed by atoms with Crippen LogP contribution >= 0.6 is 0 Å². The largest absolute Gasteiger partial charge is 0.481 e. The highest BCUT2D eigenvalue weighted by Crippen LogP contribution is 2.33. The number of methoxy groups -OCH3 is 1. The summed E-state index contributed by atoms with van der Waals surface area (Å²) in [6.45, 7) is 2.34. The molecule has 0 spiro atoms. The standard InChI is InChI=1S/C18H29N3O/c1-13-8-6-7-11-15(13)19-16-12-17(22-2)21-18(20-16)14-9-4-3-5-10-14/h12-15H,3-11H2,1-2H3,(H,19,20,21). The zero-order valence-electron chi connectivity index (χ0n) is 14.0. The van der Waals surface area contributed by atoms with E-state index in [2.05, 4.69) is 17.2 Å². The highest BCUT2D eigenvalue weighted by molar-refractivity contribution is 5.40. The molecule has 2 aliphatic carbocycles. The predicted octanol–water partition coefficient (Wildman–Crippen LogP) is 4.52. The lowest BCUT2D eigenvalue weighted by Gasteiger charge is -2.30.